The van der Waals surface area contributed by atoms with E-state index in [0.717, 1.165) is 0 Å². The number of carbonyl (C=O) groups excluding carboxylic acids is 6. The molecule has 23 heteroatoms. The molecule has 0 heterocycles. The highest BCUT2D eigenvalue weighted by molar-refractivity contribution is 5.98. The molecule has 0 aliphatic rings. The fraction of sp³-hybridized carbons (Fsp3) is 0.583. The van der Waals surface area contributed by atoms with Crippen molar-refractivity contribution in [2.45, 2.75) is 108 Å². The van der Waals surface area contributed by atoms with Crippen LogP contribution >= 0.6 is 0 Å². The van der Waals surface area contributed by atoms with E-state index in [1.807, 2.05) is 0 Å². The number of nitrogens with zero attached hydrogens (tertiary/aromatic N) is 2. The van der Waals surface area contributed by atoms with Gasteiger partial charge in [0.25, 0.3) is 0 Å². The van der Waals surface area contributed by atoms with Crippen molar-refractivity contribution in [3.05, 3.63) is 29.8 Å². The zero-order valence-corrected chi connectivity index (χ0v) is 33.5. The Labute approximate surface area is 342 Å². The summed E-state index contributed by atoms with van der Waals surface area (Å²) >= 11 is 0. The van der Waals surface area contributed by atoms with Crippen LogP contribution in [0.2, 0.25) is 0 Å². The number of rotatable bonds is 28. The molecule has 59 heavy (non-hydrogen) atoms. The van der Waals surface area contributed by atoms with Gasteiger partial charge in [-0.15, -0.1) is 0 Å². The molecule has 0 aromatic heterocycles. The number of aliphatic imine (C=N–C) groups is 2. The lowest BCUT2D eigenvalue weighted by Crippen LogP contribution is -2.61. The number of phenolic OH excluding ortho intramolecular Hbond substituents is 1. The molecule has 1 aromatic rings. The Hall–Kier alpha value is -6.23. The molecule has 330 valence electrons. The topological polar surface area (TPSA) is 427 Å². The number of guanidine groups is 2. The van der Waals surface area contributed by atoms with E-state index in [1.165, 1.54) is 24.3 Å². The molecule has 0 spiro atoms. The van der Waals surface area contributed by atoms with Crippen LogP contribution in [0, 0.1) is 5.92 Å². The number of phenols is 1. The van der Waals surface area contributed by atoms with Crippen LogP contribution in [0.5, 0.6) is 5.75 Å². The van der Waals surface area contributed by atoms with Gasteiger partial charge in [0.05, 0.1) is 12.5 Å². The second-order valence-electron chi connectivity index (χ2n) is 14.1. The van der Waals surface area contributed by atoms with Gasteiger partial charge in [-0.25, -0.2) is 4.79 Å². The maximum atomic E-state index is 13.8. The van der Waals surface area contributed by atoms with Crippen LogP contribution in [-0.2, 0) is 40.0 Å². The number of carboxylic acid groups (broad SMARTS) is 1. The number of nitrogens with two attached hydrogens (primary N) is 7. The summed E-state index contributed by atoms with van der Waals surface area (Å²) in [5.41, 5.74) is 38.8. The van der Waals surface area contributed by atoms with Crippen molar-refractivity contribution in [2.24, 2.45) is 56.0 Å². The summed E-state index contributed by atoms with van der Waals surface area (Å²) in [7, 11) is 0. The normalized spacial score (nSPS) is 13.9. The highest BCUT2D eigenvalue weighted by Crippen LogP contribution is 2.13. The number of nitrogens with one attached hydrogen (secondary N) is 5. The summed E-state index contributed by atoms with van der Waals surface area (Å²) in [6.45, 7) is 3.80. The number of benzene rings is 1. The molecule has 0 fully saturated rings. The molecular weight excluding hydrogens is 772 g/mol. The first-order chi connectivity index (χ1) is 27.7. The SMILES string of the molecule is CC(C)[C@H](NC(=O)[C@H](CC(N)=O)NC(=O)[C@H](CCCCN)NC(=O)[C@@H](N)CCCN=C(N)N)C(=O)N[C@@H](Cc1ccc(O)cc1)C(=O)N[C@@H](CCCN=C(N)N)C(=O)O. The van der Waals surface area contributed by atoms with Crippen molar-refractivity contribution < 1.29 is 43.8 Å². The third-order valence-electron chi connectivity index (χ3n) is 8.74. The van der Waals surface area contributed by atoms with E-state index in [9.17, 15) is 43.8 Å². The number of amides is 6. The van der Waals surface area contributed by atoms with Crippen molar-refractivity contribution in [1.82, 2.24) is 26.6 Å². The standard InChI is InChI=1S/C36H62N14O9/c1-19(2)28(33(57)49-25(17-20-10-12-21(51)13-11-20)31(55)47-24(34(58)59)9-6-16-45-36(42)43)50-32(56)26(18-27(39)52)48-30(54)23(8-3-4-14-37)46-29(53)22(38)7-5-15-44-35(40)41/h10-13,19,22-26,28,51H,3-9,14-18,37-38H2,1-2H3,(H2,39,52)(H,46,53)(H,47,55)(H,48,54)(H,49,57)(H,50,56)(H,58,59)(H4,40,41,44)(H4,42,43,45)/t22-,23-,24-,25-,26-,28-/m0/s1. The summed E-state index contributed by atoms with van der Waals surface area (Å²) in [5, 5.41) is 32.1. The number of hydrogen-bond donors (Lipinski definition) is 14. The van der Waals surface area contributed by atoms with E-state index in [1.54, 1.807) is 13.8 Å². The van der Waals surface area contributed by atoms with Crippen LogP contribution in [0.1, 0.15) is 70.8 Å². The van der Waals surface area contributed by atoms with Gasteiger partial charge in [0.2, 0.25) is 35.4 Å². The average molecular weight is 835 g/mol. The molecule has 0 saturated carbocycles. The van der Waals surface area contributed by atoms with Crippen LogP contribution in [0.15, 0.2) is 34.3 Å². The predicted molar refractivity (Wildman–Crippen MR) is 218 cm³/mol. The van der Waals surface area contributed by atoms with Gasteiger partial charge in [-0.2, -0.15) is 0 Å². The summed E-state index contributed by atoms with van der Waals surface area (Å²) in [6.07, 6.45) is 0.853. The van der Waals surface area contributed by atoms with Gasteiger partial charge in [-0.1, -0.05) is 26.0 Å². The first-order valence-electron chi connectivity index (χ1n) is 19.1. The van der Waals surface area contributed by atoms with Crippen LogP contribution in [0.3, 0.4) is 0 Å². The maximum absolute atomic E-state index is 13.8. The van der Waals surface area contributed by atoms with E-state index in [2.05, 4.69) is 36.6 Å². The quantitative estimate of drug-likeness (QED) is 0.0215. The van der Waals surface area contributed by atoms with Gasteiger partial charge in [0.15, 0.2) is 11.9 Å². The van der Waals surface area contributed by atoms with Gasteiger partial charge in [0, 0.05) is 19.5 Å². The molecule has 1 rings (SSSR count). The van der Waals surface area contributed by atoms with Crippen molar-refractivity contribution in [2.75, 3.05) is 19.6 Å². The zero-order chi connectivity index (χ0) is 44.7. The molecular formula is C36H62N14O9. The summed E-state index contributed by atoms with van der Waals surface area (Å²) in [4.78, 5) is 99.4. The van der Waals surface area contributed by atoms with E-state index in [4.69, 9.17) is 40.1 Å². The van der Waals surface area contributed by atoms with Crippen molar-refractivity contribution in [3.63, 3.8) is 0 Å². The third-order valence-corrected chi connectivity index (χ3v) is 8.74. The Bertz CT molecular complexity index is 1620. The zero-order valence-electron chi connectivity index (χ0n) is 33.5. The molecule has 6 amide bonds. The number of carboxylic acids is 1. The molecule has 6 atom stereocenters. The average Bonchev–Trinajstić information content (AvgIpc) is 3.15. The minimum Gasteiger partial charge on any atom is -0.508 e. The van der Waals surface area contributed by atoms with Crippen LogP contribution < -0.4 is 66.7 Å². The smallest absolute Gasteiger partial charge is 0.326 e. The maximum Gasteiger partial charge on any atom is 0.326 e. The molecule has 0 saturated heterocycles. The molecule has 0 bridgehead atoms. The Kier molecular flexibility index (Phi) is 22.9. The van der Waals surface area contributed by atoms with E-state index < -0.39 is 90.0 Å². The summed E-state index contributed by atoms with van der Waals surface area (Å²) in [5.74, 6) is -7.55. The lowest BCUT2D eigenvalue weighted by atomic mass is 9.99. The molecule has 23 nitrogen and oxygen atoms in total. The van der Waals surface area contributed by atoms with Crippen molar-refractivity contribution in [1.29, 1.82) is 0 Å². The van der Waals surface area contributed by atoms with E-state index in [-0.39, 0.29) is 62.9 Å². The van der Waals surface area contributed by atoms with Gasteiger partial charge in [-0.05, 0) is 75.1 Å². The van der Waals surface area contributed by atoms with Gasteiger partial charge in [0.1, 0.15) is 36.0 Å². The van der Waals surface area contributed by atoms with Crippen molar-refractivity contribution >= 4 is 53.3 Å². The van der Waals surface area contributed by atoms with E-state index >= 15 is 0 Å². The monoisotopic (exact) mass is 834 g/mol. The Morgan fingerprint density at radius 2 is 1.12 bits per heavy atom. The van der Waals surface area contributed by atoms with Gasteiger partial charge < -0.3 is 76.9 Å². The first kappa shape index (κ1) is 50.8. The lowest BCUT2D eigenvalue weighted by molar-refractivity contribution is -0.142. The summed E-state index contributed by atoms with van der Waals surface area (Å²) < 4.78 is 0. The molecule has 0 radical (unpaired) electrons. The number of aromatic hydroxyl groups is 1. The fourth-order valence-corrected chi connectivity index (χ4v) is 5.53. The van der Waals surface area contributed by atoms with Crippen LogP contribution in [0.4, 0.5) is 0 Å². The van der Waals surface area contributed by atoms with E-state index in [0.29, 0.717) is 31.4 Å². The predicted octanol–water partition coefficient (Wildman–Crippen LogP) is -4.46. The number of aliphatic carboxylic acids is 1. The molecule has 0 aliphatic heterocycles. The van der Waals surface area contributed by atoms with Crippen LogP contribution in [-0.4, -0.2) is 119 Å². The lowest BCUT2D eigenvalue weighted by Gasteiger charge is -2.28. The Morgan fingerprint density at radius 1 is 0.627 bits per heavy atom. The Morgan fingerprint density at radius 3 is 1.64 bits per heavy atom. The highest BCUT2D eigenvalue weighted by atomic mass is 16.4. The second-order valence-corrected chi connectivity index (χ2v) is 14.1. The minimum absolute atomic E-state index is 0.0551. The fourth-order valence-electron chi connectivity index (χ4n) is 5.53. The number of hydrogen-bond acceptors (Lipinski definition) is 12. The largest absolute Gasteiger partial charge is 0.508 e. The van der Waals surface area contributed by atoms with Gasteiger partial charge >= 0.3 is 5.97 Å². The molecule has 1 aromatic carbocycles. The second kappa shape index (κ2) is 26.6. The number of carbonyl (C=O) groups is 7. The number of unbranched alkanes of at least 4 members (excludes halogenated alkanes) is 1. The van der Waals surface area contributed by atoms with Crippen molar-refractivity contribution in [3.8, 4) is 5.75 Å². The molecule has 21 N–H and O–H groups in total. The van der Waals surface area contributed by atoms with Crippen LogP contribution in [0.25, 0.3) is 0 Å². The first-order valence-corrected chi connectivity index (χ1v) is 19.1. The molecule has 0 aliphatic carbocycles. The highest BCUT2D eigenvalue weighted by Gasteiger charge is 2.34. The van der Waals surface area contributed by atoms with Gasteiger partial charge in [-0.3, -0.25) is 38.8 Å². The Balaban J connectivity index is 3.29. The molecule has 0 unspecified atom stereocenters. The number of primary amides is 1. The summed E-state index contributed by atoms with van der Waals surface area (Å²) in [6, 6.07) is -2.26. The minimum atomic E-state index is -1.61. The third kappa shape index (κ3) is 20.7.